The van der Waals surface area contributed by atoms with Gasteiger partial charge in [0, 0.05) is 13.0 Å². The Morgan fingerprint density at radius 2 is 0.855 bits per heavy atom. The molecule has 0 spiro atoms. The summed E-state index contributed by atoms with van der Waals surface area (Å²) in [5, 5.41) is 72.4. The lowest BCUT2D eigenvalue weighted by Gasteiger charge is -2.42. The first-order valence-electron chi connectivity index (χ1n) is 29.7. The zero-order valence-electron chi connectivity index (χ0n) is 47.0. The molecule has 2 aliphatic rings. The highest BCUT2D eigenvalue weighted by Crippen LogP contribution is 2.26. The van der Waals surface area contributed by atoms with Crippen molar-refractivity contribution in [3.63, 3.8) is 0 Å². The summed E-state index contributed by atoms with van der Waals surface area (Å²) in [6.07, 6.45) is 46.4. The molecule has 0 aromatic carbocycles. The number of ether oxygens (including phenoxy) is 6. The van der Waals surface area contributed by atoms with Crippen molar-refractivity contribution in [1.29, 1.82) is 0 Å². The highest BCUT2D eigenvalue weighted by Gasteiger charge is 2.47. The predicted octanol–water partition coefficient (Wildman–Crippen LogP) is 10.8. The first-order valence-corrected chi connectivity index (χ1v) is 29.7. The van der Waals surface area contributed by atoms with Gasteiger partial charge in [0.25, 0.3) is 0 Å². The number of aliphatic hydroxyl groups is 7. The first kappa shape index (κ1) is 69.3. The molecular formula is C62H106O14. The van der Waals surface area contributed by atoms with Gasteiger partial charge in [-0.1, -0.05) is 189 Å². The second-order valence-corrected chi connectivity index (χ2v) is 20.4. The number of rotatable bonds is 47. The molecule has 2 heterocycles. The molecule has 2 saturated heterocycles. The first-order chi connectivity index (χ1) is 37.1. The number of aliphatic hydroxyl groups excluding tert-OH is 7. The molecule has 0 aromatic rings. The van der Waals surface area contributed by atoms with Gasteiger partial charge in [-0.2, -0.15) is 0 Å². The van der Waals surface area contributed by atoms with Crippen LogP contribution in [-0.4, -0.2) is 142 Å². The Balaban J connectivity index is 1.73. The van der Waals surface area contributed by atoms with Gasteiger partial charge in [0.2, 0.25) is 0 Å². The van der Waals surface area contributed by atoms with E-state index in [0.717, 1.165) is 103 Å². The summed E-state index contributed by atoms with van der Waals surface area (Å²) < 4.78 is 34.4. The van der Waals surface area contributed by atoms with Crippen molar-refractivity contribution in [2.24, 2.45) is 0 Å². The van der Waals surface area contributed by atoms with Crippen LogP contribution in [0.1, 0.15) is 200 Å². The van der Waals surface area contributed by atoms with Crippen LogP contribution in [0.5, 0.6) is 0 Å². The van der Waals surface area contributed by atoms with Gasteiger partial charge in [0.05, 0.1) is 26.4 Å². The highest BCUT2D eigenvalue weighted by atomic mass is 16.7. The van der Waals surface area contributed by atoms with Crippen molar-refractivity contribution in [3.8, 4) is 0 Å². The number of carbonyl (C=O) groups is 1. The molecule has 14 heteroatoms. The minimum absolute atomic E-state index is 0.0420. The number of hydrogen-bond donors (Lipinski definition) is 7. The molecule has 11 atom stereocenters. The van der Waals surface area contributed by atoms with E-state index < -0.39 is 86.7 Å². The molecule has 2 aliphatic heterocycles. The van der Waals surface area contributed by atoms with Crippen molar-refractivity contribution >= 4 is 5.97 Å². The molecule has 14 nitrogen and oxygen atoms in total. The number of esters is 1. The van der Waals surface area contributed by atoms with Crippen LogP contribution in [-0.2, 0) is 33.2 Å². The van der Waals surface area contributed by atoms with Crippen molar-refractivity contribution in [1.82, 2.24) is 0 Å². The summed E-state index contributed by atoms with van der Waals surface area (Å²) in [5.74, 6) is -0.390. The summed E-state index contributed by atoms with van der Waals surface area (Å²) in [4.78, 5) is 13.1. The zero-order chi connectivity index (χ0) is 55.1. The zero-order valence-corrected chi connectivity index (χ0v) is 47.0. The van der Waals surface area contributed by atoms with Gasteiger partial charge in [-0.05, 0) is 89.9 Å². The van der Waals surface area contributed by atoms with Gasteiger partial charge < -0.3 is 64.2 Å². The minimum Gasteiger partial charge on any atom is -0.457 e. The molecular weight excluding hydrogens is 969 g/mol. The molecule has 11 unspecified atom stereocenters. The topological polar surface area (TPSA) is 214 Å². The Labute approximate surface area is 459 Å². The van der Waals surface area contributed by atoms with E-state index in [-0.39, 0.29) is 19.6 Å². The molecule has 7 N–H and O–H groups in total. The van der Waals surface area contributed by atoms with Crippen molar-refractivity contribution in [2.75, 3.05) is 33.0 Å². The SMILES string of the molecule is CC/C=C\C/C=C\C/C=C\C/C=C\C/C=C\C/C=C\CCCCCCCOCC(COC1OC(COC2OC(CO)C(O)C(O)C2O)C(O)C(O)C1O)OC(=O)CCCCCCCCC/C=C\CCCCCCCCC. The van der Waals surface area contributed by atoms with Crippen molar-refractivity contribution < 1.29 is 69.0 Å². The van der Waals surface area contributed by atoms with Crippen LogP contribution in [0.25, 0.3) is 0 Å². The fraction of sp³-hybridized carbons (Fsp3) is 0.758. The summed E-state index contributed by atoms with van der Waals surface area (Å²) in [6.45, 7) is 3.52. The quantitative estimate of drug-likeness (QED) is 0.0172. The van der Waals surface area contributed by atoms with E-state index in [4.69, 9.17) is 28.4 Å². The molecule has 0 amide bonds. The molecule has 2 rings (SSSR count). The second-order valence-electron chi connectivity index (χ2n) is 20.4. The van der Waals surface area contributed by atoms with Crippen LogP contribution in [0.3, 0.4) is 0 Å². The molecule has 0 aromatic heterocycles. The van der Waals surface area contributed by atoms with Crippen molar-refractivity contribution in [3.05, 3.63) is 85.1 Å². The highest BCUT2D eigenvalue weighted by molar-refractivity contribution is 5.69. The fourth-order valence-electron chi connectivity index (χ4n) is 8.87. The third-order valence-corrected chi connectivity index (χ3v) is 13.6. The summed E-state index contributed by atoms with van der Waals surface area (Å²) in [5.41, 5.74) is 0. The lowest BCUT2D eigenvalue weighted by Crippen LogP contribution is -2.61. The van der Waals surface area contributed by atoms with E-state index in [9.17, 15) is 40.5 Å². The molecule has 438 valence electrons. The number of unbranched alkanes of at least 4 members (excludes halogenated alkanes) is 19. The van der Waals surface area contributed by atoms with Gasteiger partial charge >= 0.3 is 5.97 Å². The number of hydrogen-bond acceptors (Lipinski definition) is 14. The maximum Gasteiger partial charge on any atom is 0.306 e. The minimum atomic E-state index is -1.72. The normalized spacial score (nSPS) is 25.1. The van der Waals surface area contributed by atoms with Crippen LogP contribution in [0, 0.1) is 0 Å². The number of carbonyl (C=O) groups excluding carboxylic acids is 1. The second kappa shape index (κ2) is 48.1. The largest absolute Gasteiger partial charge is 0.457 e. The third kappa shape index (κ3) is 34.2. The molecule has 76 heavy (non-hydrogen) atoms. The average molecular weight is 1080 g/mol. The Kier molecular flexibility index (Phi) is 43.9. The fourth-order valence-corrected chi connectivity index (χ4v) is 8.87. The van der Waals surface area contributed by atoms with E-state index in [1.165, 1.54) is 70.6 Å². The van der Waals surface area contributed by atoms with Gasteiger partial charge in [0.1, 0.15) is 54.9 Å². The molecule has 0 saturated carbocycles. The Hall–Kier alpha value is -2.83. The molecule has 0 radical (unpaired) electrons. The van der Waals surface area contributed by atoms with Crippen LogP contribution in [0.15, 0.2) is 85.1 Å². The monoisotopic (exact) mass is 1070 g/mol. The van der Waals surface area contributed by atoms with Crippen LogP contribution < -0.4 is 0 Å². The van der Waals surface area contributed by atoms with Crippen LogP contribution >= 0.6 is 0 Å². The molecule has 0 aliphatic carbocycles. The van der Waals surface area contributed by atoms with E-state index >= 15 is 0 Å². The van der Waals surface area contributed by atoms with E-state index in [0.29, 0.717) is 13.0 Å². The van der Waals surface area contributed by atoms with Gasteiger partial charge in [0.15, 0.2) is 12.6 Å². The standard InChI is InChI=1S/C62H106O14/c1-3-5-7-9-11-13-15-17-19-21-23-24-25-26-27-28-30-32-34-36-38-40-42-44-46-71-48-51(74-54(64)45-43-41-39-37-35-33-31-29-22-20-18-16-14-12-10-8-6-4-2)49-72-61-60(70)58(68)56(66)53(76-61)50-73-62-59(69)57(67)55(65)52(47-63)75-62/h5,7,11,13,17,19-20,22-24,26-27,30,32,51-53,55-63,65-70H,3-4,6,8-10,12,14-16,18,21,25,28-29,31,33-50H2,1-2H3/b7-5-,13-11-,19-17-,22-20-,24-23-,27-26-,32-30-. The van der Waals surface area contributed by atoms with E-state index in [1.54, 1.807) is 0 Å². The Morgan fingerprint density at radius 3 is 1.36 bits per heavy atom. The van der Waals surface area contributed by atoms with Crippen molar-refractivity contribution in [2.45, 2.75) is 268 Å². The predicted molar refractivity (Wildman–Crippen MR) is 302 cm³/mol. The summed E-state index contributed by atoms with van der Waals surface area (Å²) in [7, 11) is 0. The maximum atomic E-state index is 13.1. The summed E-state index contributed by atoms with van der Waals surface area (Å²) in [6, 6.07) is 0. The lowest BCUT2D eigenvalue weighted by molar-refractivity contribution is -0.332. The van der Waals surface area contributed by atoms with Gasteiger partial charge in [-0.25, -0.2) is 0 Å². The van der Waals surface area contributed by atoms with Crippen LogP contribution in [0.2, 0.25) is 0 Å². The van der Waals surface area contributed by atoms with E-state index in [1.807, 2.05) is 0 Å². The third-order valence-electron chi connectivity index (χ3n) is 13.6. The van der Waals surface area contributed by atoms with E-state index in [2.05, 4.69) is 98.9 Å². The summed E-state index contributed by atoms with van der Waals surface area (Å²) >= 11 is 0. The average Bonchev–Trinajstić information content (AvgIpc) is 3.42. The molecule has 0 bridgehead atoms. The lowest BCUT2D eigenvalue weighted by atomic mass is 9.98. The Bertz CT molecular complexity index is 1580. The van der Waals surface area contributed by atoms with Gasteiger partial charge in [-0.15, -0.1) is 0 Å². The van der Waals surface area contributed by atoms with Gasteiger partial charge in [-0.3, -0.25) is 4.79 Å². The van der Waals surface area contributed by atoms with Crippen LogP contribution in [0.4, 0.5) is 0 Å². The maximum absolute atomic E-state index is 13.1. The molecule has 2 fully saturated rings. The number of allylic oxidation sites excluding steroid dienone is 14. The smallest absolute Gasteiger partial charge is 0.306 e. The Morgan fingerprint density at radius 1 is 0.447 bits per heavy atom.